The van der Waals surface area contributed by atoms with E-state index in [-0.39, 0.29) is 12.8 Å². The van der Waals surface area contributed by atoms with Crippen LogP contribution in [0, 0.1) is 10.8 Å². The molecule has 0 bridgehead atoms. The number of alkyl halides is 3. The maximum Gasteiger partial charge on any atom is 0.401 e. The zero-order valence-corrected chi connectivity index (χ0v) is 7.96. The molecule has 0 aliphatic heterocycles. The van der Waals surface area contributed by atoms with Gasteiger partial charge in [0.1, 0.15) is 5.41 Å². The number of ketones is 1. The molecule has 0 saturated heterocycles. The van der Waals surface area contributed by atoms with Crippen molar-refractivity contribution >= 4 is 5.78 Å². The van der Waals surface area contributed by atoms with Gasteiger partial charge in [-0.2, -0.15) is 13.2 Å². The smallest absolute Gasteiger partial charge is 0.298 e. The van der Waals surface area contributed by atoms with Crippen LogP contribution in [0.4, 0.5) is 13.2 Å². The number of carbonyl (C=O) groups excluding carboxylic acids is 1. The van der Waals surface area contributed by atoms with Gasteiger partial charge in [-0.15, -0.1) is 0 Å². The fraction of sp³-hybridized carbons (Fsp3) is 0.889. The first-order valence-electron chi connectivity index (χ1n) is 4.23. The fourth-order valence-corrected chi connectivity index (χ4v) is 1.48. The minimum Gasteiger partial charge on any atom is -0.298 e. The molecule has 13 heavy (non-hydrogen) atoms. The van der Waals surface area contributed by atoms with Crippen molar-refractivity contribution in [3.63, 3.8) is 0 Å². The highest BCUT2D eigenvalue weighted by molar-refractivity contribution is 5.92. The second-order valence-electron chi connectivity index (χ2n) is 4.66. The van der Waals surface area contributed by atoms with Gasteiger partial charge in [-0.3, -0.25) is 4.79 Å². The molecule has 4 heteroatoms. The zero-order chi connectivity index (χ0) is 10.5. The monoisotopic (exact) mass is 194 g/mol. The Balaban J connectivity index is 2.91. The highest BCUT2D eigenvalue weighted by Crippen LogP contribution is 2.60. The van der Waals surface area contributed by atoms with Gasteiger partial charge in [-0.1, -0.05) is 20.8 Å². The van der Waals surface area contributed by atoms with Crippen molar-refractivity contribution in [2.45, 2.75) is 39.8 Å². The SMILES string of the molecule is CC(C)(C)C(=O)C1(C(F)(F)F)CC1. The number of Topliss-reactive ketones (excluding diaryl/α,β-unsaturated/α-hetero) is 1. The number of hydrogen-bond acceptors (Lipinski definition) is 1. The predicted molar refractivity (Wildman–Crippen MR) is 42.2 cm³/mol. The second-order valence-corrected chi connectivity index (χ2v) is 4.66. The molecule has 0 amide bonds. The van der Waals surface area contributed by atoms with E-state index in [2.05, 4.69) is 0 Å². The summed E-state index contributed by atoms with van der Waals surface area (Å²) in [6, 6.07) is 0. The molecule has 0 heterocycles. The molecule has 0 radical (unpaired) electrons. The summed E-state index contributed by atoms with van der Waals surface area (Å²) >= 11 is 0. The Morgan fingerprint density at radius 1 is 1.15 bits per heavy atom. The Kier molecular flexibility index (Phi) is 2.02. The molecule has 1 nitrogen and oxygen atoms in total. The number of carbonyl (C=O) groups is 1. The molecule has 1 fully saturated rings. The molecule has 1 aliphatic rings. The van der Waals surface area contributed by atoms with Crippen molar-refractivity contribution in [2.75, 3.05) is 0 Å². The van der Waals surface area contributed by atoms with Crippen molar-refractivity contribution < 1.29 is 18.0 Å². The molecule has 0 unspecified atom stereocenters. The topological polar surface area (TPSA) is 17.1 Å². The van der Waals surface area contributed by atoms with Gasteiger partial charge < -0.3 is 0 Å². The summed E-state index contributed by atoms with van der Waals surface area (Å²) in [4.78, 5) is 11.5. The molecule has 0 spiro atoms. The lowest BCUT2D eigenvalue weighted by molar-refractivity contribution is -0.195. The molecular weight excluding hydrogens is 181 g/mol. The number of rotatable bonds is 1. The van der Waals surface area contributed by atoms with Crippen LogP contribution in [0.25, 0.3) is 0 Å². The van der Waals surface area contributed by atoms with Crippen LogP contribution in [0.1, 0.15) is 33.6 Å². The van der Waals surface area contributed by atoms with E-state index in [1.807, 2.05) is 0 Å². The highest BCUT2D eigenvalue weighted by Gasteiger charge is 2.69. The average molecular weight is 194 g/mol. The van der Waals surface area contributed by atoms with Crippen LogP contribution >= 0.6 is 0 Å². The Morgan fingerprint density at radius 3 is 1.62 bits per heavy atom. The van der Waals surface area contributed by atoms with Gasteiger partial charge >= 0.3 is 6.18 Å². The third-order valence-corrected chi connectivity index (χ3v) is 2.41. The van der Waals surface area contributed by atoms with Gasteiger partial charge in [0.25, 0.3) is 0 Å². The van der Waals surface area contributed by atoms with E-state index in [9.17, 15) is 18.0 Å². The molecular formula is C9H13F3O. The van der Waals surface area contributed by atoms with Crippen LogP contribution < -0.4 is 0 Å². The Bertz CT molecular complexity index is 230. The summed E-state index contributed by atoms with van der Waals surface area (Å²) in [5, 5.41) is 0. The van der Waals surface area contributed by atoms with Crippen LogP contribution in [-0.2, 0) is 4.79 Å². The zero-order valence-electron chi connectivity index (χ0n) is 7.96. The first-order valence-corrected chi connectivity index (χ1v) is 4.23. The standard InChI is InChI=1S/C9H13F3O/c1-7(2,3)6(13)8(4-5-8)9(10,11)12/h4-5H2,1-3H3. The molecule has 0 aromatic carbocycles. The van der Waals surface area contributed by atoms with E-state index in [1.165, 1.54) is 20.8 Å². The highest BCUT2D eigenvalue weighted by atomic mass is 19.4. The lowest BCUT2D eigenvalue weighted by Gasteiger charge is -2.26. The molecule has 0 aromatic heterocycles. The third-order valence-electron chi connectivity index (χ3n) is 2.41. The van der Waals surface area contributed by atoms with Crippen LogP contribution in [-0.4, -0.2) is 12.0 Å². The quantitative estimate of drug-likeness (QED) is 0.627. The molecule has 1 saturated carbocycles. The largest absolute Gasteiger partial charge is 0.401 e. The summed E-state index contributed by atoms with van der Waals surface area (Å²) in [7, 11) is 0. The maximum absolute atomic E-state index is 12.5. The number of halogens is 3. The van der Waals surface area contributed by atoms with Crippen LogP contribution in [0.5, 0.6) is 0 Å². The van der Waals surface area contributed by atoms with Crippen LogP contribution in [0.3, 0.4) is 0 Å². The van der Waals surface area contributed by atoms with Crippen LogP contribution in [0.15, 0.2) is 0 Å². The molecule has 1 aliphatic carbocycles. The van der Waals surface area contributed by atoms with Crippen LogP contribution in [0.2, 0.25) is 0 Å². The summed E-state index contributed by atoms with van der Waals surface area (Å²) in [6.07, 6.45) is -4.43. The van der Waals surface area contributed by atoms with Crippen molar-refractivity contribution in [3.05, 3.63) is 0 Å². The van der Waals surface area contributed by atoms with Gasteiger partial charge in [-0.05, 0) is 12.8 Å². The van der Waals surface area contributed by atoms with Gasteiger partial charge in [0.2, 0.25) is 0 Å². The van der Waals surface area contributed by atoms with Gasteiger partial charge in [0, 0.05) is 5.41 Å². The first kappa shape index (κ1) is 10.5. The van der Waals surface area contributed by atoms with Crippen molar-refractivity contribution in [1.29, 1.82) is 0 Å². The van der Waals surface area contributed by atoms with Crippen molar-refractivity contribution in [1.82, 2.24) is 0 Å². The van der Waals surface area contributed by atoms with Gasteiger partial charge in [0.15, 0.2) is 5.78 Å². The van der Waals surface area contributed by atoms with E-state index < -0.39 is 22.8 Å². The normalized spacial score (nSPS) is 21.4. The second kappa shape index (κ2) is 2.49. The lowest BCUT2D eigenvalue weighted by atomic mass is 9.80. The summed E-state index contributed by atoms with van der Waals surface area (Å²) < 4.78 is 37.4. The van der Waals surface area contributed by atoms with Crippen molar-refractivity contribution in [3.8, 4) is 0 Å². The lowest BCUT2D eigenvalue weighted by Crippen LogP contribution is -2.39. The average Bonchev–Trinajstić information content (AvgIpc) is 2.60. The van der Waals surface area contributed by atoms with E-state index in [1.54, 1.807) is 0 Å². The summed E-state index contributed by atoms with van der Waals surface area (Å²) in [5.41, 5.74) is -2.91. The van der Waals surface area contributed by atoms with Gasteiger partial charge in [0.05, 0.1) is 0 Å². The van der Waals surface area contributed by atoms with E-state index in [0.717, 1.165) is 0 Å². The molecule has 0 atom stereocenters. The Hall–Kier alpha value is -0.540. The minimum absolute atomic E-state index is 0.0351. The molecule has 1 rings (SSSR count). The Morgan fingerprint density at radius 2 is 1.54 bits per heavy atom. The summed E-state index contributed by atoms with van der Waals surface area (Å²) in [6.45, 7) is 4.59. The fourth-order valence-electron chi connectivity index (χ4n) is 1.48. The number of hydrogen-bond donors (Lipinski definition) is 0. The minimum atomic E-state index is -4.36. The molecule has 0 N–H and O–H groups in total. The molecule has 0 aromatic rings. The van der Waals surface area contributed by atoms with E-state index >= 15 is 0 Å². The Labute approximate surface area is 75.3 Å². The third kappa shape index (κ3) is 1.58. The van der Waals surface area contributed by atoms with Crippen molar-refractivity contribution in [2.24, 2.45) is 10.8 Å². The van der Waals surface area contributed by atoms with E-state index in [4.69, 9.17) is 0 Å². The van der Waals surface area contributed by atoms with E-state index in [0.29, 0.717) is 0 Å². The summed E-state index contributed by atoms with van der Waals surface area (Å²) in [5.74, 6) is -0.674. The predicted octanol–water partition coefficient (Wildman–Crippen LogP) is 2.94. The first-order chi connectivity index (χ1) is 5.61. The molecule has 76 valence electrons. The van der Waals surface area contributed by atoms with Gasteiger partial charge in [-0.25, -0.2) is 0 Å². The maximum atomic E-state index is 12.5.